The molecule has 0 saturated carbocycles. The van der Waals surface area contributed by atoms with E-state index in [1.165, 1.54) is 4.57 Å². The predicted octanol–water partition coefficient (Wildman–Crippen LogP) is 1.64. The molecule has 1 fully saturated rings. The number of hydrogen-bond acceptors (Lipinski definition) is 6. The largest absolute Gasteiger partial charge is 0.466 e. The third-order valence-corrected chi connectivity index (χ3v) is 5.44. The molecule has 0 aromatic carbocycles. The van der Waals surface area contributed by atoms with Gasteiger partial charge in [0.25, 0.3) is 11.5 Å². The summed E-state index contributed by atoms with van der Waals surface area (Å²) in [6, 6.07) is 1.63. The Morgan fingerprint density at radius 3 is 2.67 bits per heavy atom. The van der Waals surface area contributed by atoms with Crippen LogP contribution in [0, 0.1) is 5.92 Å². The second-order valence-electron chi connectivity index (χ2n) is 7.79. The summed E-state index contributed by atoms with van der Waals surface area (Å²) in [6.45, 7) is 8.72. The molecule has 0 bridgehead atoms. The summed E-state index contributed by atoms with van der Waals surface area (Å²) in [5.41, 5.74) is -0.152. The molecule has 162 valence electrons. The minimum atomic E-state index is -0.634. The van der Waals surface area contributed by atoms with Gasteiger partial charge in [-0.3, -0.25) is 23.9 Å². The monoisotopic (exact) mass is 416 g/mol. The number of aryl methyl sites for hydroxylation is 1. The Morgan fingerprint density at radius 1 is 1.30 bits per heavy atom. The second-order valence-corrected chi connectivity index (χ2v) is 7.79. The first-order valence-electron chi connectivity index (χ1n) is 10.4. The lowest BCUT2D eigenvalue weighted by Crippen LogP contribution is -2.43. The SMILES string of the molecule is CCOC(=O)C1CCCN(C(=O)c2cc(C(C)C)nc3c2c(=O)[nH]c(=O)n3CC)C1. The Balaban J connectivity index is 2.12. The van der Waals surface area contributed by atoms with Crippen LogP contribution in [0.15, 0.2) is 15.7 Å². The van der Waals surface area contributed by atoms with Gasteiger partial charge in [0.1, 0.15) is 0 Å². The summed E-state index contributed by atoms with van der Waals surface area (Å²) in [5, 5.41) is 0.101. The van der Waals surface area contributed by atoms with Gasteiger partial charge in [0.2, 0.25) is 0 Å². The summed E-state index contributed by atoms with van der Waals surface area (Å²) in [7, 11) is 0. The van der Waals surface area contributed by atoms with Gasteiger partial charge in [0, 0.05) is 25.3 Å². The van der Waals surface area contributed by atoms with E-state index < -0.39 is 11.2 Å². The Hall–Kier alpha value is -2.97. The molecule has 30 heavy (non-hydrogen) atoms. The number of aromatic nitrogens is 3. The van der Waals surface area contributed by atoms with Gasteiger partial charge >= 0.3 is 11.7 Å². The minimum absolute atomic E-state index is 0.00529. The van der Waals surface area contributed by atoms with Gasteiger partial charge < -0.3 is 9.64 Å². The van der Waals surface area contributed by atoms with Crippen molar-refractivity contribution >= 4 is 22.9 Å². The maximum atomic E-state index is 13.5. The van der Waals surface area contributed by atoms with Crippen LogP contribution in [0.2, 0.25) is 0 Å². The number of amides is 1. The Morgan fingerprint density at radius 2 is 2.03 bits per heavy atom. The van der Waals surface area contributed by atoms with E-state index in [0.29, 0.717) is 38.2 Å². The smallest absolute Gasteiger partial charge is 0.329 e. The first-order valence-corrected chi connectivity index (χ1v) is 10.4. The van der Waals surface area contributed by atoms with Crippen LogP contribution in [0.1, 0.15) is 62.5 Å². The second kappa shape index (κ2) is 8.81. The van der Waals surface area contributed by atoms with Crippen molar-refractivity contribution in [2.24, 2.45) is 5.92 Å². The summed E-state index contributed by atoms with van der Waals surface area (Å²) < 4.78 is 6.48. The molecule has 9 nitrogen and oxygen atoms in total. The van der Waals surface area contributed by atoms with Crippen molar-refractivity contribution in [2.75, 3.05) is 19.7 Å². The van der Waals surface area contributed by atoms with E-state index in [0.717, 1.165) is 0 Å². The number of nitrogens with zero attached hydrogens (tertiary/aromatic N) is 3. The molecule has 1 aliphatic heterocycles. The number of piperidine rings is 1. The van der Waals surface area contributed by atoms with E-state index >= 15 is 0 Å². The van der Waals surface area contributed by atoms with Crippen LogP contribution in [-0.4, -0.2) is 51.0 Å². The van der Waals surface area contributed by atoms with Crippen LogP contribution in [0.25, 0.3) is 11.0 Å². The highest BCUT2D eigenvalue weighted by Gasteiger charge is 2.31. The summed E-state index contributed by atoms with van der Waals surface area (Å²) in [6.07, 6.45) is 1.33. The van der Waals surface area contributed by atoms with Crippen molar-refractivity contribution in [1.82, 2.24) is 19.4 Å². The van der Waals surface area contributed by atoms with Crippen molar-refractivity contribution < 1.29 is 14.3 Å². The number of carbonyl (C=O) groups excluding carboxylic acids is 2. The van der Waals surface area contributed by atoms with Crippen molar-refractivity contribution in [3.63, 3.8) is 0 Å². The molecule has 3 heterocycles. The number of pyridine rings is 1. The number of nitrogens with one attached hydrogen (secondary N) is 1. The number of fused-ring (bicyclic) bond motifs is 1. The zero-order valence-corrected chi connectivity index (χ0v) is 17.9. The average Bonchev–Trinajstić information content (AvgIpc) is 2.72. The molecule has 2 aromatic heterocycles. The predicted molar refractivity (Wildman–Crippen MR) is 112 cm³/mol. The summed E-state index contributed by atoms with van der Waals surface area (Å²) >= 11 is 0. The maximum absolute atomic E-state index is 13.5. The third-order valence-electron chi connectivity index (χ3n) is 5.44. The van der Waals surface area contributed by atoms with Gasteiger partial charge in [0.05, 0.1) is 23.5 Å². The molecular weight excluding hydrogens is 388 g/mol. The van der Waals surface area contributed by atoms with Gasteiger partial charge in [-0.15, -0.1) is 0 Å². The Kier molecular flexibility index (Phi) is 6.38. The van der Waals surface area contributed by atoms with Gasteiger partial charge in [-0.2, -0.15) is 0 Å². The van der Waals surface area contributed by atoms with Crippen LogP contribution < -0.4 is 11.2 Å². The quantitative estimate of drug-likeness (QED) is 0.741. The van der Waals surface area contributed by atoms with Gasteiger partial charge in [-0.25, -0.2) is 9.78 Å². The zero-order chi connectivity index (χ0) is 22.0. The molecule has 1 N–H and O–H groups in total. The van der Waals surface area contributed by atoms with E-state index in [2.05, 4.69) is 9.97 Å². The molecule has 1 unspecified atom stereocenters. The first kappa shape index (κ1) is 21.7. The lowest BCUT2D eigenvalue weighted by molar-refractivity contribution is -0.149. The van der Waals surface area contributed by atoms with Gasteiger partial charge in [0.15, 0.2) is 5.65 Å². The van der Waals surface area contributed by atoms with Crippen molar-refractivity contribution in [1.29, 1.82) is 0 Å². The number of aromatic amines is 1. The lowest BCUT2D eigenvalue weighted by atomic mass is 9.96. The van der Waals surface area contributed by atoms with E-state index in [9.17, 15) is 19.2 Å². The van der Waals surface area contributed by atoms with Crippen LogP contribution in [0.4, 0.5) is 0 Å². The fourth-order valence-corrected chi connectivity index (χ4v) is 3.84. The fourth-order valence-electron chi connectivity index (χ4n) is 3.84. The third kappa shape index (κ3) is 4.01. The molecule has 1 aliphatic rings. The van der Waals surface area contributed by atoms with Crippen LogP contribution in [0.3, 0.4) is 0 Å². The molecule has 0 spiro atoms. The number of hydrogen-bond donors (Lipinski definition) is 1. The Labute approximate surface area is 174 Å². The van der Waals surface area contributed by atoms with Crippen molar-refractivity contribution in [3.8, 4) is 0 Å². The molecule has 3 rings (SSSR count). The van der Waals surface area contributed by atoms with Crippen LogP contribution in [0.5, 0.6) is 0 Å². The highest BCUT2D eigenvalue weighted by molar-refractivity contribution is 6.05. The molecule has 2 aromatic rings. The van der Waals surface area contributed by atoms with Gasteiger partial charge in [-0.1, -0.05) is 13.8 Å². The minimum Gasteiger partial charge on any atom is -0.466 e. The molecule has 0 radical (unpaired) electrons. The number of ether oxygens (including phenoxy) is 1. The number of carbonyl (C=O) groups is 2. The number of likely N-dealkylation sites (tertiary alicyclic amines) is 1. The zero-order valence-electron chi connectivity index (χ0n) is 17.9. The molecule has 1 atom stereocenters. The van der Waals surface area contributed by atoms with E-state index in [4.69, 9.17) is 4.74 Å². The number of esters is 1. The standard InChI is InChI=1S/C21H28N4O5/c1-5-25-17-16(18(26)23-21(25)29)14(10-15(22-17)12(3)4)19(27)24-9-7-8-13(11-24)20(28)30-6-2/h10,12-13H,5-9,11H2,1-4H3,(H,23,26,29). The van der Waals surface area contributed by atoms with Gasteiger partial charge in [-0.05, 0) is 38.7 Å². The van der Waals surface area contributed by atoms with E-state index in [1.807, 2.05) is 13.8 Å². The molecular formula is C21H28N4O5. The summed E-state index contributed by atoms with van der Waals surface area (Å²) in [5.74, 6) is -1.04. The number of rotatable bonds is 5. The van der Waals surface area contributed by atoms with Crippen molar-refractivity contribution in [3.05, 3.63) is 38.2 Å². The van der Waals surface area contributed by atoms with Crippen LogP contribution >= 0.6 is 0 Å². The van der Waals surface area contributed by atoms with E-state index in [1.54, 1.807) is 24.8 Å². The molecule has 9 heteroatoms. The molecule has 1 saturated heterocycles. The molecule has 1 amide bonds. The molecule has 0 aliphatic carbocycles. The highest BCUT2D eigenvalue weighted by atomic mass is 16.5. The number of H-pyrrole nitrogens is 1. The topological polar surface area (TPSA) is 114 Å². The maximum Gasteiger partial charge on any atom is 0.329 e. The average molecular weight is 416 g/mol. The summed E-state index contributed by atoms with van der Waals surface area (Å²) in [4.78, 5) is 58.9. The van der Waals surface area contributed by atoms with E-state index in [-0.39, 0.29) is 46.9 Å². The highest BCUT2D eigenvalue weighted by Crippen LogP contribution is 2.24. The fraction of sp³-hybridized carbons (Fsp3) is 0.571. The normalized spacial score (nSPS) is 16.8. The first-order chi connectivity index (χ1) is 14.3. The lowest BCUT2D eigenvalue weighted by Gasteiger charge is -2.32. The van der Waals surface area contributed by atoms with Crippen molar-refractivity contribution in [2.45, 2.75) is 53.0 Å². The van der Waals surface area contributed by atoms with Crippen LogP contribution in [-0.2, 0) is 16.1 Å². The Bertz CT molecular complexity index is 1090.